The van der Waals surface area contributed by atoms with Crippen LogP contribution in [0.1, 0.15) is 34.6 Å². The van der Waals surface area contributed by atoms with Gasteiger partial charge in [0.2, 0.25) is 0 Å². The van der Waals surface area contributed by atoms with Crippen molar-refractivity contribution in [3.05, 3.63) is 23.1 Å². The highest BCUT2D eigenvalue weighted by atomic mass is 16.4. The number of hydrogen-bond acceptors (Lipinski definition) is 4. The van der Waals surface area contributed by atoms with E-state index < -0.39 is 5.97 Å². The smallest absolute Gasteiger partial charge is 0.354 e. The molecular formula is C13H13N5O2. The Hall–Kier alpha value is -2.62. The molecule has 2 aromatic heterocycles. The summed E-state index contributed by atoms with van der Waals surface area (Å²) in [4.78, 5) is 11.5. The van der Waals surface area contributed by atoms with Gasteiger partial charge >= 0.3 is 5.97 Å². The van der Waals surface area contributed by atoms with Crippen molar-refractivity contribution in [3.63, 3.8) is 0 Å². The maximum absolute atomic E-state index is 11.5. The van der Waals surface area contributed by atoms with Gasteiger partial charge in [-0.1, -0.05) is 0 Å². The predicted molar refractivity (Wildman–Crippen MR) is 69.0 cm³/mol. The van der Waals surface area contributed by atoms with Crippen molar-refractivity contribution < 1.29 is 9.90 Å². The van der Waals surface area contributed by atoms with E-state index in [1.54, 1.807) is 6.20 Å². The number of H-pyrrole nitrogens is 1. The number of aryl methyl sites for hydroxylation is 2. The number of nitrogens with one attached hydrogen (secondary N) is 1. The van der Waals surface area contributed by atoms with Gasteiger partial charge in [0.25, 0.3) is 0 Å². The summed E-state index contributed by atoms with van der Waals surface area (Å²) in [6.07, 6.45) is 4.05. The minimum Gasteiger partial charge on any atom is -0.477 e. The van der Waals surface area contributed by atoms with Gasteiger partial charge in [-0.05, 0) is 19.3 Å². The van der Waals surface area contributed by atoms with E-state index in [1.807, 2.05) is 0 Å². The summed E-state index contributed by atoms with van der Waals surface area (Å²) >= 11 is 0. The normalized spacial score (nSPS) is 12.6. The molecule has 0 saturated carbocycles. The second-order valence-corrected chi connectivity index (χ2v) is 4.73. The van der Waals surface area contributed by atoms with Gasteiger partial charge in [0.1, 0.15) is 5.69 Å². The molecule has 0 atom stereocenters. The summed E-state index contributed by atoms with van der Waals surface area (Å²) < 4.78 is 1.51. The molecule has 0 fully saturated rings. The second-order valence-electron chi connectivity index (χ2n) is 4.73. The van der Waals surface area contributed by atoms with E-state index in [4.69, 9.17) is 5.26 Å². The van der Waals surface area contributed by atoms with Crippen LogP contribution in [-0.4, -0.2) is 31.1 Å². The van der Waals surface area contributed by atoms with Gasteiger partial charge in [-0.2, -0.15) is 15.5 Å². The topological polar surface area (TPSA) is 108 Å². The van der Waals surface area contributed by atoms with E-state index in [9.17, 15) is 9.90 Å². The molecule has 0 bridgehead atoms. The SMILES string of the molecule is N#CCCCn1nc2c(c1C(=O)O)CCc1[nH]ncc1-2. The molecule has 20 heavy (non-hydrogen) atoms. The monoisotopic (exact) mass is 271 g/mol. The molecule has 0 saturated heterocycles. The van der Waals surface area contributed by atoms with Crippen LogP contribution in [0.3, 0.4) is 0 Å². The van der Waals surface area contributed by atoms with Crippen molar-refractivity contribution in [2.75, 3.05) is 0 Å². The largest absolute Gasteiger partial charge is 0.477 e. The minimum atomic E-state index is -0.970. The molecule has 2 N–H and O–H groups in total. The fourth-order valence-corrected chi connectivity index (χ4v) is 2.62. The first-order valence-corrected chi connectivity index (χ1v) is 6.45. The number of aromatic nitrogens is 4. The molecule has 0 radical (unpaired) electrons. The quantitative estimate of drug-likeness (QED) is 0.816. The maximum Gasteiger partial charge on any atom is 0.354 e. The lowest BCUT2D eigenvalue weighted by Crippen LogP contribution is -2.12. The summed E-state index contributed by atoms with van der Waals surface area (Å²) in [6, 6.07) is 2.06. The van der Waals surface area contributed by atoms with Gasteiger partial charge < -0.3 is 5.11 Å². The number of carboxylic acid groups (broad SMARTS) is 1. The number of carbonyl (C=O) groups is 1. The van der Waals surface area contributed by atoms with Gasteiger partial charge in [-0.15, -0.1) is 0 Å². The first-order chi connectivity index (χ1) is 9.72. The average Bonchev–Trinajstić information content (AvgIpc) is 3.01. The third kappa shape index (κ3) is 1.86. The molecule has 2 heterocycles. The van der Waals surface area contributed by atoms with Gasteiger partial charge in [0.15, 0.2) is 0 Å². The first-order valence-electron chi connectivity index (χ1n) is 6.45. The number of nitrogens with zero attached hydrogens (tertiary/aromatic N) is 4. The molecule has 2 aromatic rings. The van der Waals surface area contributed by atoms with Crippen LogP contribution in [0.2, 0.25) is 0 Å². The van der Waals surface area contributed by atoms with Crippen molar-refractivity contribution in [1.82, 2.24) is 20.0 Å². The fourth-order valence-electron chi connectivity index (χ4n) is 2.62. The zero-order chi connectivity index (χ0) is 14.1. The van der Waals surface area contributed by atoms with Crippen LogP contribution in [0.5, 0.6) is 0 Å². The van der Waals surface area contributed by atoms with Crippen LogP contribution in [0, 0.1) is 11.3 Å². The van der Waals surface area contributed by atoms with E-state index in [0.29, 0.717) is 31.5 Å². The number of aromatic amines is 1. The van der Waals surface area contributed by atoms with E-state index in [2.05, 4.69) is 21.4 Å². The van der Waals surface area contributed by atoms with Crippen molar-refractivity contribution in [2.45, 2.75) is 32.2 Å². The zero-order valence-corrected chi connectivity index (χ0v) is 10.8. The number of hydrogen-bond donors (Lipinski definition) is 2. The molecule has 1 aliphatic carbocycles. The number of nitriles is 1. The summed E-state index contributed by atoms with van der Waals surface area (Å²) in [5.74, 6) is -0.970. The summed E-state index contributed by atoms with van der Waals surface area (Å²) in [6.45, 7) is 0.440. The molecule has 0 amide bonds. The molecule has 7 nitrogen and oxygen atoms in total. The number of fused-ring (bicyclic) bond motifs is 3. The van der Waals surface area contributed by atoms with Crippen LogP contribution < -0.4 is 0 Å². The van der Waals surface area contributed by atoms with Crippen LogP contribution in [0.4, 0.5) is 0 Å². The third-order valence-corrected chi connectivity index (χ3v) is 3.51. The lowest BCUT2D eigenvalue weighted by molar-refractivity contribution is 0.0681. The molecular weight excluding hydrogens is 258 g/mol. The Balaban J connectivity index is 2.05. The highest BCUT2D eigenvalue weighted by Gasteiger charge is 2.28. The third-order valence-electron chi connectivity index (χ3n) is 3.51. The van der Waals surface area contributed by atoms with Crippen molar-refractivity contribution in [1.29, 1.82) is 5.26 Å². The van der Waals surface area contributed by atoms with Gasteiger partial charge in [0, 0.05) is 29.8 Å². The van der Waals surface area contributed by atoms with Crippen molar-refractivity contribution >= 4 is 5.97 Å². The van der Waals surface area contributed by atoms with Crippen LogP contribution in [0.25, 0.3) is 11.3 Å². The Labute approximate surface area is 114 Å². The van der Waals surface area contributed by atoms with Crippen molar-refractivity contribution in [2.24, 2.45) is 0 Å². The Bertz CT molecular complexity index is 707. The molecule has 102 valence electrons. The summed E-state index contributed by atoms with van der Waals surface area (Å²) in [5.41, 5.74) is 3.59. The van der Waals surface area contributed by atoms with Gasteiger partial charge in [-0.3, -0.25) is 9.78 Å². The standard InChI is InChI=1S/C13H13N5O2/c14-5-1-2-6-18-12(13(19)20)8-3-4-10-9(7-15-16-10)11(8)17-18/h7H,1-4,6H2,(H,15,16)(H,19,20). The average molecular weight is 271 g/mol. The highest BCUT2D eigenvalue weighted by Crippen LogP contribution is 2.33. The summed E-state index contributed by atoms with van der Waals surface area (Å²) in [7, 11) is 0. The number of unbranched alkanes of at least 4 members (excludes halogenated alkanes) is 1. The lowest BCUT2D eigenvalue weighted by Gasteiger charge is -2.10. The highest BCUT2D eigenvalue weighted by molar-refractivity contribution is 5.90. The van der Waals surface area contributed by atoms with Crippen molar-refractivity contribution in [3.8, 4) is 17.3 Å². The Morgan fingerprint density at radius 1 is 1.55 bits per heavy atom. The van der Waals surface area contributed by atoms with E-state index in [1.165, 1.54) is 4.68 Å². The zero-order valence-electron chi connectivity index (χ0n) is 10.8. The number of aromatic carboxylic acids is 1. The molecule has 1 aliphatic rings. The molecule has 3 rings (SSSR count). The molecule has 7 heteroatoms. The van der Waals surface area contributed by atoms with E-state index in [0.717, 1.165) is 23.2 Å². The Kier molecular flexibility index (Phi) is 2.99. The molecule has 0 aliphatic heterocycles. The van der Waals surface area contributed by atoms with Crippen LogP contribution >= 0.6 is 0 Å². The molecule has 0 unspecified atom stereocenters. The number of carboxylic acids is 1. The fraction of sp³-hybridized carbons (Fsp3) is 0.385. The van der Waals surface area contributed by atoms with Crippen LogP contribution in [-0.2, 0) is 19.4 Å². The first kappa shape index (κ1) is 12.4. The van der Waals surface area contributed by atoms with E-state index in [-0.39, 0.29) is 5.69 Å². The predicted octanol–water partition coefficient (Wildman–Crippen LogP) is 1.37. The van der Waals surface area contributed by atoms with Gasteiger partial charge in [-0.25, -0.2) is 4.79 Å². The summed E-state index contributed by atoms with van der Waals surface area (Å²) in [5, 5.41) is 29.3. The van der Waals surface area contributed by atoms with E-state index >= 15 is 0 Å². The minimum absolute atomic E-state index is 0.241. The molecule has 0 aromatic carbocycles. The van der Waals surface area contributed by atoms with Gasteiger partial charge in [0.05, 0.1) is 18.0 Å². The second kappa shape index (κ2) is 4.81. The van der Waals surface area contributed by atoms with Crippen LogP contribution in [0.15, 0.2) is 6.20 Å². The lowest BCUT2D eigenvalue weighted by atomic mass is 9.94. The molecule has 0 spiro atoms. The number of rotatable bonds is 4. The maximum atomic E-state index is 11.5. The Morgan fingerprint density at radius 3 is 3.15 bits per heavy atom. The Morgan fingerprint density at radius 2 is 2.40 bits per heavy atom.